The number of anilines is 1. The van der Waals surface area contributed by atoms with Gasteiger partial charge < -0.3 is 19.4 Å². The van der Waals surface area contributed by atoms with Gasteiger partial charge in [-0.2, -0.15) is 0 Å². The normalized spacial score (nSPS) is 24.5. The van der Waals surface area contributed by atoms with Crippen molar-refractivity contribution in [2.75, 3.05) is 4.90 Å². The van der Waals surface area contributed by atoms with Gasteiger partial charge in [0.05, 0.1) is 5.69 Å². The van der Waals surface area contributed by atoms with Gasteiger partial charge in [-0.05, 0) is 47.5 Å². The first-order valence-electron chi connectivity index (χ1n) is 15.0. The molecule has 4 atom stereocenters. The van der Waals surface area contributed by atoms with E-state index in [1.807, 2.05) is 66.7 Å². The Morgan fingerprint density at radius 2 is 1.64 bits per heavy atom. The predicted octanol–water partition coefficient (Wildman–Crippen LogP) is 6.38. The van der Waals surface area contributed by atoms with E-state index in [2.05, 4.69) is 39.2 Å². The van der Waals surface area contributed by atoms with Gasteiger partial charge in [0.1, 0.15) is 30.5 Å². The number of hydrogen-bond acceptors (Lipinski definition) is 5. The van der Waals surface area contributed by atoms with Crippen molar-refractivity contribution in [3.05, 3.63) is 101 Å². The van der Waals surface area contributed by atoms with Crippen LogP contribution in [0.1, 0.15) is 43.9 Å². The molecular formula is C34H38ClN3O5Si. The second-order valence-electron chi connectivity index (χ2n) is 13.4. The van der Waals surface area contributed by atoms with Crippen LogP contribution >= 0.6 is 11.6 Å². The number of nitrogens with one attached hydrogen (secondary N) is 1. The number of nitrogens with zero attached hydrogens (tertiary/aromatic N) is 2. The van der Waals surface area contributed by atoms with Crippen molar-refractivity contribution in [1.82, 2.24) is 10.2 Å². The minimum Gasteiger partial charge on any atom is -0.444 e. The summed E-state index contributed by atoms with van der Waals surface area (Å²) in [6.07, 6.45) is -1.04. The second kappa shape index (κ2) is 11.0. The number of piperazine rings is 1. The maximum Gasteiger partial charge on any atom is 0.416 e. The highest BCUT2D eigenvalue weighted by molar-refractivity contribution is 6.74. The Bertz CT molecular complexity index is 1600. The monoisotopic (exact) mass is 631 g/mol. The molecule has 0 saturated carbocycles. The van der Waals surface area contributed by atoms with E-state index in [0.29, 0.717) is 22.7 Å². The summed E-state index contributed by atoms with van der Waals surface area (Å²) in [6, 6.07) is 22.7. The number of halogens is 1. The molecule has 0 aliphatic carbocycles. The molecule has 0 unspecified atom stereocenters. The molecule has 0 spiro atoms. The smallest absolute Gasteiger partial charge is 0.416 e. The van der Waals surface area contributed by atoms with Crippen LogP contribution in [-0.4, -0.2) is 49.4 Å². The minimum absolute atomic E-state index is 0.0520. The first-order chi connectivity index (χ1) is 20.8. The van der Waals surface area contributed by atoms with Crippen LogP contribution < -0.4 is 10.2 Å². The Morgan fingerprint density at radius 3 is 2.27 bits per heavy atom. The summed E-state index contributed by atoms with van der Waals surface area (Å²) in [4.78, 5) is 45.5. The van der Waals surface area contributed by atoms with E-state index < -0.39 is 38.3 Å². The Kier molecular flexibility index (Phi) is 7.63. The van der Waals surface area contributed by atoms with Crippen LogP contribution in [0.5, 0.6) is 0 Å². The number of carbonyl (C=O) groups excluding carboxylic acids is 3. The Hall–Kier alpha value is -3.66. The molecule has 230 valence electrons. The van der Waals surface area contributed by atoms with Crippen molar-refractivity contribution < 1.29 is 23.5 Å². The van der Waals surface area contributed by atoms with E-state index in [9.17, 15) is 14.4 Å². The Labute approximate surface area is 264 Å². The molecule has 1 N–H and O–H groups in total. The average Bonchev–Trinajstić information content (AvgIpc) is 3.44. The molecule has 44 heavy (non-hydrogen) atoms. The fourth-order valence-corrected chi connectivity index (χ4v) is 8.08. The number of amides is 3. The van der Waals surface area contributed by atoms with Crippen LogP contribution in [0.25, 0.3) is 0 Å². The summed E-state index contributed by atoms with van der Waals surface area (Å²) in [6.45, 7) is 10.7. The number of benzene rings is 3. The van der Waals surface area contributed by atoms with Crippen molar-refractivity contribution in [3.63, 3.8) is 0 Å². The molecule has 0 bridgehead atoms. The SMILES string of the molecule is CC(C)(C)[Si](C)(C)O[C@]12C[C@H]3C(=O)N[C@H](Cc4ccccc4)C(=O)N3[C@H]1N(C(=O)OCc1ccccc1)c1ccc(Cl)cc12. The quantitative estimate of drug-likeness (QED) is 0.319. The number of carbonyl (C=O) groups is 3. The van der Waals surface area contributed by atoms with Crippen molar-refractivity contribution >= 4 is 43.5 Å². The number of ether oxygens (including phenoxy) is 1. The summed E-state index contributed by atoms with van der Waals surface area (Å²) in [7, 11) is -2.56. The molecular weight excluding hydrogens is 594 g/mol. The maximum absolute atomic E-state index is 14.4. The largest absolute Gasteiger partial charge is 0.444 e. The lowest BCUT2D eigenvalue weighted by atomic mass is 9.91. The van der Waals surface area contributed by atoms with Gasteiger partial charge in [-0.15, -0.1) is 0 Å². The van der Waals surface area contributed by atoms with Crippen LogP contribution in [0.2, 0.25) is 23.2 Å². The zero-order valence-electron chi connectivity index (χ0n) is 25.7. The third-order valence-electron chi connectivity index (χ3n) is 9.53. The predicted molar refractivity (Wildman–Crippen MR) is 172 cm³/mol. The molecule has 2 saturated heterocycles. The number of hydrogen-bond donors (Lipinski definition) is 1. The van der Waals surface area contributed by atoms with Gasteiger partial charge in [-0.25, -0.2) is 4.79 Å². The summed E-state index contributed by atoms with van der Waals surface area (Å²) in [5.74, 6) is -0.525. The molecule has 10 heteroatoms. The van der Waals surface area contributed by atoms with Crippen LogP contribution in [0, 0.1) is 0 Å². The molecule has 2 fully saturated rings. The molecule has 3 aliphatic rings. The fourth-order valence-electron chi connectivity index (χ4n) is 6.39. The van der Waals surface area contributed by atoms with Crippen LogP contribution in [0.15, 0.2) is 78.9 Å². The molecule has 8 nitrogen and oxygen atoms in total. The summed E-state index contributed by atoms with van der Waals surface area (Å²) >= 11 is 6.59. The topological polar surface area (TPSA) is 88.2 Å². The Morgan fingerprint density at radius 1 is 1.00 bits per heavy atom. The van der Waals surface area contributed by atoms with Gasteiger partial charge in [0.25, 0.3) is 0 Å². The lowest BCUT2D eigenvalue weighted by Crippen LogP contribution is -2.67. The first-order valence-corrected chi connectivity index (χ1v) is 18.3. The standard InChI is InChI=1S/C34H38ClN3O5Si/c1-33(2,3)44(4,5)43-34-20-28-29(39)36-26(18-22-12-8-6-9-13-22)30(40)37(28)31(34)38(27-17-16-24(35)19-25(27)34)32(41)42-21-23-14-10-7-11-15-23/h6-17,19,26,28,31H,18,20-21H2,1-5H3,(H,36,39)/t26-,28+,31+,34+/m1/s1. The van der Waals surface area contributed by atoms with E-state index in [1.165, 1.54) is 4.90 Å². The average molecular weight is 632 g/mol. The van der Waals surface area contributed by atoms with Gasteiger partial charge in [-0.3, -0.25) is 14.5 Å². The Balaban J connectivity index is 1.47. The molecule has 3 aromatic rings. The highest BCUT2D eigenvalue weighted by Gasteiger charge is 2.69. The van der Waals surface area contributed by atoms with Crippen LogP contribution in [0.3, 0.4) is 0 Å². The molecule has 6 rings (SSSR count). The molecule has 3 amide bonds. The molecule has 3 aliphatic heterocycles. The highest BCUT2D eigenvalue weighted by atomic mass is 35.5. The lowest BCUT2D eigenvalue weighted by Gasteiger charge is -2.46. The number of fused-ring (bicyclic) bond motifs is 5. The van der Waals surface area contributed by atoms with E-state index in [1.54, 1.807) is 17.0 Å². The second-order valence-corrected chi connectivity index (χ2v) is 18.6. The van der Waals surface area contributed by atoms with Crippen molar-refractivity contribution in [2.24, 2.45) is 0 Å². The molecule has 0 aromatic heterocycles. The van der Waals surface area contributed by atoms with Gasteiger partial charge >= 0.3 is 6.09 Å². The fraction of sp³-hybridized carbons (Fsp3) is 0.382. The van der Waals surface area contributed by atoms with Crippen molar-refractivity contribution in [2.45, 2.75) is 82.2 Å². The summed E-state index contributed by atoms with van der Waals surface area (Å²) < 4.78 is 13.2. The summed E-state index contributed by atoms with van der Waals surface area (Å²) in [5, 5.41) is 3.25. The minimum atomic E-state index is -2.56. The zero-order chi connectivity index (χ0) is 31.4. The molecule has 0 radical (unpaired) electrons. The molecule has 3 heterocycles. The van der Waals surface area contributed by atoms with Gasteiger partial charge in [-0.1, -0.05) is 93.0 Å². The first kappa shape index (κ1) is 30.4. The van der Waals surface area contributed by atoms with E-state index in [0.717, 1.165) is 11.1 Å². The van der Waals surface area contributed by atoms with Gasteiger partial charge in [0, 0.05) is 23.4 Å². The van der Waals surface area contributed by atoms with E-state index in [4.69, 9.17) is 20.8 Å². The zero-order valence-corrected chi connectivity index (χ0v) is 27.4. The number of rotatable bonds is 6. The maximum atomic E-state index is 14.4. The van der Waals surface area contributed by atoms with E-state index in [-0.39, 0.29) is 29.9 Å². The van der Waals surface area contributed by atoms with Gasteiger partial charge in [0.15, 0.2) is 8.32 Å². The lowest BCUT2D eigenvalue weighted by molar-refractivity contribution is -0.149. The van der Waals surface area contributed by atoms with Crippen LogP contribution in [0.4, 0.5) is 10.5 Å². The van der Waals surface area contributed by atoms with Crippen LogP contribution in [-0.2, 0) is 37.4 Å². The highest BCUT2D eigenvalue weighted by Crippen LogP contribution is 2.59. The molecule has 3 aromatic carbocycles. The van der Waals surface area contributed by atoms with Gasteiger partial charge in [0.2, 0.25) is 11.8 Å². The van der Waals surface area contributed by atoms with E-state index >= 15 is 0 Å². The third kappa shape index (κ3) is 5.10. The third-order valence-corrected chi connectivity index (χ3v) is 14.3. The van der Waals surface area contributed by atoms with Crippen molar-refractivity contribution in [1.29, 1.82) is 0 Å². The van der Waals surface area contributed by atoms with Crippen molar-refractivity contribution in [3.8, 4) is 0 Å². The summed E-state index contributed by atoms with van der Waals surface area (Å²) in [5.41, 5.74) is 1.82.